The molecule has 62 valence electrons. The van der Waals surface area contributed by atoms with E-state index in [9.17, 15) is 0 Å². The fraction of sp³-hybridized carbons (Fsp3) is 0.364. The first-order valence-corrected chi connectivity index (χ1v) is 4.43. The molecule has 0 bridgehead atoms. The summed E-state index contributed by atoms with van der Waals surface area (Å²) in [6.07, 6.45) is 2.99. The normalized spacial score (nSPS) is 13.9. The number of benzene rings is 1. The summed E-state index contributed by atoms with van der Waals surface area (Å²) in [5.41, 5.74) is 3.91. The van der Waals surface area contributed by atoms with Crippen molar-refractivity contribution in [2.45, 2.75) is 26.2 Å². The molecule has 0 atom stereocenters. The number of hydrogen-bond donors (Lipinski definition) is 0. The molecule has 0 aromatic heterocycles. The van der Waals surface area contributed by atoms with Crippen LogP contribution in [0.25, 0.3) is 0 Å². The van der Waals surface area contributed by atoms with E-state index in [1.807, 2.05) is 6.21 Å². The molecule has 0 N–H and O–H groups in total. The Kier molecular flexibility index (Phi) is 1.72. The van der Waals surface area contributed by atoms with Gasteiger partial charge in [0.05, 0.1) is 5.69 Å². The molecule has 0 unspecified atom stereocenters. The summed E-state index contributed by atoms with van der Waals surface area (Å²) in [6.45, 7) is 4.42. The van der Waals surface area contributed by atoms with Gasteiger partial charge in [0.1, 0.15) is 0 Å². The first kappa shape index (κ1) is 7.53. The SMILES string of the molecule is CC(C)c1ccc2c(c1)N=CC2. The quantitative estimate of drug-likeness (QED) is 0.597. The maximum atomic E-state index is 4.32. The van der Waals surface area contributed by atoms with Gasteiger partial charge in [0.15, 0.2) is 0 Å². The Hall–Kier alpha value is -1.11. The average Bonchev–Trinajstić information content (AvgIpc) is 2.49. The molecule has 0 aliphatic carbocycles. The lowest BCUT2D eigenvalue weighted by Gasteiger charge is -2.06. The molecule has 1 aliphatic heterocycles. The Morgan fingerprint density at radius 2 is 2.17 bits per heavy atom. The third-order valence-electron chi connectivity index (χ3n) is 2.32. The monoisotopic (exact) mass is 159 g/mol. The maximum absolute atomic E-state index is 4.32. The molecule has 1 aromatic rings. The molecule has 2 rings (SSSR count). The number of fused-ring (bicyclic) bond motifs is 1. The summed E-state index contributed by atoms with van der Waals surface area (Å²) in [5.74, 6) is 0.603. The molecule has 1 aliphatic rings. The van der Waals surface area contributed by atoms with E-state index in [2.05, 4.69) is 37.0 Å². The van der Waals surface area contributed by atoms with Crippen LogP contribution in [-0.4, -0.2) is 6.21 Å². The molecule has 0 saturated heterocycles. The van der Waals surface area contributed by atoms with Gasteiger partial charge in [-0.25, -0.2) is 0 Å². The van der Waals surface area contributed by atoms with Crippen LogP contribution >= 0.6 is 0 Å². The Balaban J connectivity index is 2.44. The van der Waals surface area contributed by atoms with Crippen LogP contribution < -0.4 is 0 Å². The lowest BCUT2D eigenvalue weighted by molar-refractivity contribution is 0.866. The molecule has 0 amide bonds. The van der Waals surface area contributed by atoms with Crippen molar-refractivity contribution >= 4 is 11.9 Å². The van der Waals surface area contributed by atoms with Gasteiger partial charge in [0.2, 0.25) is 0 Å². The highest BCUT2D eigenvalue weighted by Gasteiger charge is 2.07. The average molecular weight is 159 g/mol. The molecule has 1 aromatic carbocycles. The van der Waals surface area contributed by atoms with Crippen molar-refractivity contribution in [2.24, 2.45) is 4.99 Å². The van der Waals surface area contributed by atoms with Crippen LogP contribution in [0.3, 0.4) is 0 Å². The van der Waals surface area contributed by atoms with E-state index in [0.29, 0.717) is 5.92 Å². The molecule has 1 heteroatoms. The zero-order chi connectivity index (χ0) is 8.55. The van der Waals surface area contributed by atoms with Gasteiger partial charge in [0.25, 0.3) is 0 Å². The van der Waals surface area contributed by atoms with Crippen molar-refractivity contribution in [2.75, 3.05) is 0 Å². The van der Waals surface area contributed by atoms with Gasteiger partial charge >= 0.3 is 0 Å². The summed E-state index contributed by atoms with van der Waals surface area (Å²) in [5, 5.41) is 0. The van der Waals surface area contributed by atoms with Gasteiger partial charge in [-0.2, -0.15) is 0 Å². The molecule has 0 saturated carbocycles. The van der Waals surface area contributed by atoms with Gasteiger partial charge in [-0.05, 0) is 23.1 Å². The Morgan fingerprint density at radius 1 is 1.33 bits per heavy atom. The van der Waals surface area contributed by atoms with Gasteiger partial charge in [-0.3, -0.25) is 4.99 Å². The summed E-state index contributed by atoms with van der Waals surface area (Å²) < 4.78 is 0. The second kappa shape index (κ2) is 2.74. The zero-order valence-corrected chi connectivity index (χ0v) is 7.54. The third-order valence-corrected chi connectivity index (χ3v) is 2.32. The van der Waals surface area contributed by atoms with E-state index in [-0.39, 0.29) is 0 Å². The predicted molar refractivity (Wildman–Crippen MR) is 52.4 cm³/mol. The Labute approximate surface area is 73.1 Å². The van der Waals surface area contributed by atoms with Crippen molar-refractivity contribution in [3.8, 4) is 0 Å². The standard InChI is InChI=1S/C11H13N/c1-8(2)10-4-3-9-5-6-12-11(9)7-10/h3-4,6-8H,5H2,1-2H3. The van der Waals surface area contributed by atoms with E-state index in [0.717, 1.165) is 6.42 Å². The highest BCUT2D eigenvalue weighted by molar-refractivity contribution is 5.76. The predicted octanol–water partition coefficient (Wildman–Crippen LogP) is 3.07. The van der Waals surface area contributed by atoms with Crippen molar-refractivity contribution in [1.82, 2.24) is 0 Å². The number of rotatable bonds is 1. The smallest absolute Gasteiger partial charge is 0.0664 e. The highest BCUT2D eigenvalue weighted by Crippen LogP contribution is 2.27. The minimum atomic E-state index is 0.603. The van der Waals surface area contributed by atoms with Gasteiger partial charge in [-0.15, -0.1) is 0 Å². The zero-order valence-electron chi connectivity index (χ0n) is 7.54. The summed E-state index contributed by atoms with van der Waals surface area (Å²) >= 11 is 0. The number of aliphatic imine (C=N–C) groups is 1. The fourth-order valence-electron chi connectivity index (χ4n) is 1.48. The molecular weight excluding hydrogens is 146 g/mol. The van der Waals surface area contributed by atoms with Crippen LogP contribution in [0.5, 0.6) is 0 Å². The molecule has 1 heterocycles. The second-order valence-electron chi connectivity index (χ2n) is 3.56. The van der Waals surface area contributed by atoms with E-state index in [1.165, 1.54) is 16.8 Å². The Morgan fingerprint density at radius 3 is 2.92 bits per heavy atom. The Bertz CT molecular complexity index is 324. The molecule has 12 heavy (non-hydrogen) atoms. The fourth-order valence-corrected chi connectivity index (χ4v) is 1.48. The van der Waals surface area contributed by atoms with Gasteiger partial charge in [0, 0.05) is 12.6 Å². The highest BCUT2D eigenvalue weighted by atomic mass is 14.7. The van der Waals surface area contributed by atoms with Crippen molar-refractivity contribution in [3.63, 3.8) is 0 Å². The summed E-state index contributed by atoms with van der Waals surface area (Å²) in [7, 11) is 0. The van der Waals surface area contributed by atoms with Crippen molar-refractivity contribution in [3.05, 3.63) is 29.3 Å². The molecule has 1 nitrogen and oxygen atoms in total. The van der Waals surface area contributed by atoms with Crippen LogP contribution in [-0.2, 0) is 6.42 Å². The molecule has 0 fully saturated rings. The summed E-state index contributed by atoms with van der Waals surface area (Å²) in [6, 6.07) is 6.60. The second-order valence-corrected chi connectivity index (χ2v) is 3.56. The van der Waals surface area contributed by atoms with E-state index < -0.39 is 0 Å². The van der Waals surface area contributed by atoms with Crippen molar-refractivity contribution < 1.29 is 0 Å². The number of hydrogen-bond acceptors (Lipinski definition) is 1. The lowest BCUT2D eigenvalue weighted by atomic mass is 10.0. The summed E-state index contributed by atoms with van der Waals surface area (Å²) in [4.78, 5) is 4.32. The van der Waals surface area contributed by atoms with Crippen LogP contribution in [0.15, 0.2) is 23.2 Å². The number of nitrogens with zero attached hydrogens (tertiary/aromatic N) is 1. The minimum absolute atomic E-state index is 0.603. The largest absolute Gasteiger partial charge is 0.261 e. The molecule has 0 spiro atoms. The van der Waals surface area contributed by atoms with Crippen LogP contribution in [0, 0.1) is 0 Å². The van der Waals surface area contributed by atoms with E-state index in [4.69, 9.17) is 0 Å². The van der Waals surface area contributed by atoms with Gasteiger partial charge in [-0.1, -0.05) is 26.0 Å². The topological polar surface area (TPSA) is 12.4 Å². The third kappa shape index (κ3) is 1.15. The van der Waals surface area contributed by atoms with Crippen molar-refractivity contribution in [1.29, 1.82) is 0 Å². The van der Waals surface area contributed by atoms with E-state index in [1.54, 1.807) is 0 Å². The van der Waals surface area contributed by atoms with Gasteiger partial charge < -0.3 is 0 Å². The first-order valence-electron chi connectivity index (χ1n) is 4.43. The van der Waals surface area contributed by atoms with Crippen LogP contribution in [0.1, 0.15) is 30.9 Å². The first-order chi connectivity index (χ1) is 5.77. The maximum Gasteiger partial charge on any atom is 0.0664 e. The minimum Gasteiger partial charge on any atom is -0.261 e. The lowest BCUT2D eigenvalue weighted by Crippen LogP contribution is -1.87. The van der Waals surface area contributed by atoms with Crippen LogP contribution in [0.2, 0.25) is 0 Å². The molecule has 0 radical (unpaired) electrons. The van der Waals surface area contributed by atoms with Crippen LogP contribution in [0.4, 0.5) is 5.69 Å². The van der Waals surface area contributed by atoms with E-state index >= 15 is 0 Å². The molecular formula is C11H13N.